The number of amides is 1. The minimum atomic E-state index is -3.57. The molecule has 2 rings (SSSR count). The lowest BCUT2D eigenvalue weighted by Crippen LogP contribution is -2.51. The van der Waals surface area contributed by atoms with Crippen molar-refractivity contribution < 1.29 is 13.2 Å². The van der Waals surface area contributed by atoms with Crippen LogP contribution in [0.4, 0.5) is 5.69 Å². The van der Waals surface area contributed by atoms with Gasteiger partial charge in [0.2, 0.25) is 15.9 Å². The van der Waals surface area contributed by atoms with Crippen molar-refractivity contribution >= 4 is 21.6 Å². The number of nitrogens with zero attached hydrogens (tertiary/aromatic N) is 3. The molecular weight excluding hydrogens is 364 g/mol. The van der Waals surface area contributed by atoms with E-state index in [1.165, 1.54) is 4.31 Å². The molecule has 1 aromatic rings. The number of benzene rings is 1. The third-order valence-electron chi connectivity index (χ3n) is 5.24. The van der Waals surface area contributed by atoms with Crippen LogP contribution in [-0.4, -0.2) is 80.8 Å². The van der Waals surface area contributed by atoms with Crippen LogP contribution in [0, 0.1) is 6.92 Å². The molecule has 8 heteroatoms. The molecule has 1 amide bonds. The van der Waals surface area contributed by atoms with Gasteiger partial charge < -0.3 is 10.2 Å². The first-order valence-corrected chi connectivity index (χ1v) is 11.0. The van der Waals surface area contributed by atoms with E-state index in [2.05, 4.69) is 22.2 Å². The van der Waals surface area contributed by atoms with E-state index >= 15 is 0 Å². The second-order valence-electron chi connectivity index (χ2n) is 7.07. The minimum Gasteiger partial charge on any atom is -0.325 e. The molecule has 1 saturated heterocycles. The highest BCUT2D eigenvalue weighted by Gasteiger charge is 2.26. The van der Waals surface area contributed by atoms with Gasteiger partial charge in [-0.15, -0.1) is 0 Å². The van der Waals surface area contributed by atoms with Crippen LogP contribution in [0.25, 0.3) is 0 Å². The molecule has 1 aliphatic heterocycles. The number of nitrogens with one attached hydrogen (secondary N) is 1. The summed E-state index contributed by atoms with van der Waals surface area (Å²) in [6, 6.07) is 4.80. The summed E-state index contributed by atoms with van der Waals surface area (Å²) in [5.41, 5.74) is 1.18. The summed E-state index contributed by atoms with van der Waals surface area (Å²) in [5, 5.41) is 2.89. The Morgan fingerprint density at radius 3 is 2.33 bits per heavy atom. The third-order valence-corrected chi connectivity index (χ3v) is 7.44. The molecule has 27 heavy (non-hydrogen) atoms. The van der Waals surface area contributed by atoms with Crippen LogP contribution in [0.1, 0.15) is 26.3 Å². The normalized spacial score (nSPS) is 17.9. The Morgan fingerprint density at radius 2 is 1.78 bits per heavy atom. The number of carbonyl (C=O) groups is 1. The van der Waals surface area contributed by atoms with Crippen LogP contribution < -0.4 is 5.32 Å². The lowest BCUT2D eigenvalue weighted by atomic mass is 10.2. The predicted molar refractivity (Wildman–Crippen MR) is 108 cm³/mol. The Bertz CT molecular complexity index is 754. The Hall–Kier alpha value is -1.48. The maximum absolute atomic E-state index is 12.9. The van der Waals surface area contributed by atoms with Crippen molar-refractivity contribution in [2.45, 2.75) is 38.6 Å². The number of anilines is 1. The zero-order chi connectivity index (χ0) is 20.2. The SMILES string of the molecule is CCN(CC)S(=O)(=O)c1cc(NC(=O)[C@@H](C)N2CCN(C)CC2)ccc1C. The van der Waals surface area contributed by atoms with Crippen LogP contribution in [0.2, 0.25) is 0 Å². The molecule has 0 spiro atoms. The van der Waals surface area contributed by atoms with E-state index in [1.807, 2.05) is 20.8 Å². The van der Waals surface area contributed by atoms with Gasteiger partial charge in [0.1, 0.15) is 0 Å². The van der Waals surface area contributed by atoms with Crippen molar-refractivity contribution in [2.24, 2.45) is 0 Å². The smallest absolute Gasteiger partial charge is 0.243 e. The lowest BCUT2D eigenvalue weighted by Gasteiger charge is -2.35. The average Bonchev–Trinajstić information content (AvgIpc) is 2.64. The van der Waals surface area contributed by atoms with Gasteiger partial charge in [-0.25, -0.2) is 8.42 Å². The van der Waals surface area contributed by atoms with Crippen molar-refractivity contribution in [1.82, 2.24) is 14.1 Å². The molecule has 1 atom stereocenters. The number of piperazine rings is 1. The highest BCUT2D eigenvalue weighted by Crippen LogP contribution is 2.24. The fourth-order valence-electron chi connectivity index (χ4n) is 3.28. The molecule has 152 valence electrons. The number of rotatable bonds is 7. The van der Waals surface area contributed by atoms with Gasteiger partial charge in [0.15, 0.2) is 0 Å². The zero-order valence-corrected chi connectivity index (χ0v) is 17.8. The number of likely N-dealkylation sites (N-methyl/N-ethyl adjacent to an activating group) is 1. The summed E-state index contributed by atoms with van der Waals surface area (Å²) in [6.45, 7) is 11.7. The van der Waals surface area contributed by atoms with Crippen LogP contribution in [0.3, 0.4) is 0 Å². The van der Waals surface area contributed by atoms with Crippen LogP contribution >= 0.6 is 0 Å². The van der Waals surface area contributed by atoms with E-state index in [9.17, 15) is 13.2 Å². The number of carbonyl (C=O) groups excluding carboxylic acids is 1. The van der Waals surface area contributed by atoms with E-state index in [0.29, 0.717) is 24.3 Å². The first kappa shape index (κ1) is 21.8. The van der Waals surface area contributed by atoms with Crippen LogP contribution in [0.15, 0.2) is 23.1 Å². The molecule has 1 aromatic carbocycles. The number of aryl methyl sites for hydroxylation is 1. The largest absolute Gasteiger partial charge is 0.325 e. The summed E-state index contributed by atoms with van der Waals surface area (Å²) in [4.78, 5) is 17.3. The second-order valence-corrected chi connectivity index (χ2v) is 8.98. The Kier molecular flexibility index (Phi) is 7.39. The molecule has 1 aliphatic rings. The van der Waals surface area contributed by atoms with E-state index in [4.69, 9.17) is 0 Å². The number of sulfonamides is 1. The maximum Gasteiger partial charge on any atom is 0.243 e. The summed E-state index contributed by atoms with van der Waals surface area (Å²) in [7, 11) is -1.50. The summed E-state index contributed by atoms with van der Waals surface area (Å²) in [6.07, 6.45) is 0. The zero-order valence-electron chi connectivity index (χ0n) is 17.0. The Balaban J connectivity index is 2.17. The molecule has 0 radical (unpaired) electrons. The fourth-order valence-corrected chi connectivity index (χ4v) is 4.99. The molecule has 1 N–H and O–H groups in total. The first-order chi connectivity index (χ1) is 12.7. The molecular formula is C19H32N4O3S. The van der Waals surface area contributed by atoms with Crippen LogP contribution in [-0.2, 0) is 14.8 Å². The quantitative estimate of drug-likeness (QED) is 0.758. The maximum atomic E-state index is 12.9. The molecule has 1 heterocycles. The van der Waals surface area contributed by atoms with Gasteiger partial charge in [-0.3, -0.25) is 9.69 Å². The van der Waals surface area contributed by atoms with Gasteiger partial charge in [0.05, 0.1) is 10.9 Å². The van der Waals surface area contributed by atoms with E-state index in [1.54, 1.807) is 25.1 Å². The summed E-state index contributed by atoms with van der Waals surface area (Å²) >= 11 is 0. The molecule has 0 saturated carbocycles. The van der Waals surface area contributed by atoms with Crippen molar-refractivity contribution in [1.29, 1.82) is 0 Å². The summed E-state index contributed by atoms with van der Waals surface area (Å²) in [5.74, 6) is -0.116. The highest BCUT2D eigenvalue weighted by molar-refractivity contribution is 7.89. The predicted octanol–water partition coefficient (Wildman–Crippen LogP) is 1.60. The van der Waals surface area contributed by atoms with Crippen molar-refractivity contribution in [3.8, 4) is 0 Å². The molecule has 0 aliphatic carbocycles. The van der Waals surface area contributed by atoms with Gasteiger partial charge in [-0.1, -0.05) is 19.9 Å². The second kappa shape index (κ2) is 9.14. The topological polar surface area (TPSA) is 73.0 Å². The van der Waals surface area contributed by atoms with Crippen molar-refractivity contribution in [3.05, 3.63) is 23.8 Å². The van der Waals surface area contributed by atoms with Gasteiger partial charge in [-0.2, -0.15) is 4.31 Å². The molecule has 0 aromatic heterocycles. The van der Waals surface area contributed by atoms with Gasteiger partial charge in [-0.05, 0) is 38.6 Å². The molecule has 0 bridgehead atoms. The summed E-state index contributed by atoms with van der Waals surface area (Å²) < 4.78 is 27.2. The number of hydrogen-bond donors (Lipinski definition) is 1. The Morgan fingerprint density at radius 1 is 1.19 bits per heavy atom. The minimum absolute atomic E-state index is 0.116. The first-order valence-electron chi connectivity index (χ1n) is 9.55. The van der Waals surface area contributed by atoms with Crippen molar-refractivity contribution in [2.75, 3.05) is 51.6 Å². The standard InChI is InChI=1S/C19H32N4O3S/c1-6-23(7-2)27(25,26)18-14-17(9-8-15(18)3)20-19(24)16(4)22-12-10-21(5)11-13-22/h8-9,14,16H,6-7,10-13H2,1-5H3,(H,20,24)/t16-/m1/s1. The lowest BCUT2D eigenvalue weighted by molar-refractivity contribution is -0.121. The monoisotopic (exact) mass is 396 g/mol. The van der Waals surface area contributed by atoms with Crippen LogP contribution in [0.5, 0.6) is 0 Å². The van der Waals surface area contributed by atoms with Gasteiger partial charge in [0.25, 0.3) is 0 Å². The highest BCUT2D eigenvalue weighted by atomic mass is 32.2. The Labute approximate surface area is 163 Å². The van der Waals surface area contributed by atoms with Gasteiger partial charge in [0, 0.05) is 45.0 Å². The van der Waals surface area contributed by atoms with E-state index < -0.39 is 10.0 Å². The number of hydrogen-bond acceptors (Lipinski definition) is 5. The molecule has 0 unspecified atom stereocenters. The van der Waals surface area contributed by atoms with Crippen molar-refractivity contribution in [3.63, 3.8) is 0 Å². The molecule has 1 fully saturated rings. The molecule has 7 nitrogen and oxygen atoms in total. The van der Waals surface area contributed by atoms with E-state index in [-0.39, 0.29) is 16.8 Å². The average molecular weight is 397 g/mol. The third kappa shape index (κ3) is 5.07. The fraction of sp³-hybridized carbons (Fsp3) is 0.632. The van der Waals surface area contributed by atoms with E-state index in [0.717, 1.165) is 26.2 Å². The van der Waals surface area contributed by atoms with Gasteiger partial charge >= 0.3 is 0 Å².